The molecule has 0 fully saturated rings. The first-order valence-electron chi connectivity index (χ1n) is 8.47. The molecule has 3 aromatic heterocycles. The maximum Gasteiger partial charge on any atom is 0.345 e. The lowest BCUT2D eigenvalue weighted by atomic mass is 10.2. The molecule has 0 radical (unpaired) electrons. The van der Waals surface area contributed by atoms with Crippen molar-refractivity contribution in [3.63, 3.8) is 0 Å². The molecule has 0 aliphatic heterocycles. The van der Waals surface area contributed by atoms with E-state index in [1.54, 1.807) is 43.5 Å². The highest BCUT2D eigenvalue weighted by atomic mass is 16.5. The third-order valence-corrected chi connectivity index (χ3v) is 4.01. The fraction of sp³-hybridized carbons (Fsp3) is 0.211. The second-order valence-corrected chi connectivity index (χ2v) is 6.37. The van der Waals surface area contributed by atoms with Gasteiger partial charge < -0.3 is 9.26 Å². The van der Waals surface area contributed by atoms with Gasteiger partial charge in [0.2, 0.25) is 11.7 Å². The molecule has 0 saturated heterocycles. The lowest BCUT2D eigenvalue weighted by molar-refractivity contribution is 0.0734. The van der Waals surface area contributed by atoms with E-state index in [1.165, 1.54) is 6.20 Å². The van der Waals surface area contributed by atoms with E-state index in [0.717, 1.165) is 16.6 Å². The molecule has 0 unspecified atom stereocenters. The molecule has 136 valence electrons. The van der Waals surface area contributed by atoms with Crippen molar-refractivity contribution in [1.82, 2.24) is 24.9 Å². The number of rotatable bonds is 4. The summed E-state index contributed by atoms with van der Waals surface area (Å²) in [6, 6.07) is 8.81. The van der Waals surface area contributed by atoms with Crippen LogP contribution in [0.5, 0.6) is 5.75 Å². The zero-order valence-electron chi connectivity index (χ0n) is 15.1. The van der Waals surface area contributed by atoms with E-state index >= 15 is 0 Å². The quantitative estimate of drug-likeness (QED) is 0.404. The molecule has 0 aliphatic rings. The Morgan fingerprint density at radius 2 is 1.96 bits per heavy atom. The van der Waals surface area contributed by atoms with Crippen LogP contribution in [0.3, 0.4) is 0 Å². The molecule has 0 atom stereocenters. The van der Waals surface area contributed by atoms with E-state index in [-0.39, 0.29) is 6.04 Å². The van der Waals surface area contributed by atoms with Crippen LogP contribution in [0.15, 0.2) is 47.2 Å². The molecule has 27 heavy (non-hydrogen) atoms. The summed E-state index contributed by atoms with van der Waals surface area (Å²) in [5.74, 6) is 0.915. The average Bonchev–Trinajstić information content (AvgIpc) is 3.28. The number of pyridine rings is 1. The highest BCUT2D eigenvalue weighted by Crippen LogP contribution is 2.22. The monoisotopic (exact) mass is 363 g/mol. The van der Waals surface area contributed by atoms with Crippen LogP contribution in [0.4, 0.5) is 0 Å². The van der Waals surface area contributed by atoms with Gasteiger partial charge in [0.05, 0.1) is 11.8 Å². The number of carbonyl (C=O) groups excluding carboxylic acids is 1. The van der Waals surface area contributed by atoms with Crippen LogP contribution in [-0.4, -0.2) is 30.9 Å². The van der Waals surface area contributed by atoms with Gasteiger partial charge in [-0.2, -0.15) is 10.1 Å². The normalized spacial score (nSPS) is 11.3. The molecule has 0 N–H and O–H groups in total. The van der Waals surface area contributed by atoms with Gasteiger partial charge in [0.25, 0.3) is 0 Å². The van der Waals surface area contributed by atoms with E-state index < -0.39 is 5.97 Å². The number of hydrogen-bond donors (Lipinski definition) is 0. The molecule has 0 amide bonds. The van der Waals surface area contributed by atoms with Gasteiger partial charge >= 0.3 is 5.97 Å². The van der Waals surface area contributed by atoms with Crippen molar-refractivity contribution in [2.45, 2.75) is 26.8 Å². The zero-order valence-corrected chi connectivity index (χ0v) is 15.1. The number of aryl methyl sites for hydroxylation is 1. The summed E-state index contributed by atoms with van der Waals surface area (Å²) >= 11 is 0. The smallest absolute Gasteiger partial charge is 0.345 e. The standard InChI is InChI=1S/C19H17N5O3/c1-11(2)24-18-14(10-21-24)8-15(9-20-18)19(25)26-16-6-4-13(5-7-16)17-22-12(3)27-23-17/h4-11H,1-3H3. The maximum atomic E-state index is 12.4. The molecule has 8 heteroatoms. The zero-order chi connectivity index (χ0) is 19.0. The van der Waals surface area contributed by atoms with Crippen molar-refractivity contribution in [1.29, 1.82) is 0 Å². The van der Waals surface area contributed by atoms with E-state index in [4.69, 9.17) is 9.26 Å². The summed E-state index contributed by atoms with van der Waals surface area (Å²) in [4.78, 5) is 20.9. The Morgan fingerprint density at radius 3 is 2.63 bits per heavy atom. The molecular formula is C19H17N5O3. The van der Waals surface area contributed by atoms with Crippen LogP contribution in [0.1, 0.15) is 36.1 Å². The van der Waals surface area contributed by atoms with Gasteiger partial charge in [-0.3, -0.25) is 0 Å². The first-order valence-corrected chi connectivity index (χ1v) is 8.47. The number of carbonyl (C=O) groups is 1. The minimum absolute atomic E-state index is 0.189. The summed E-state index contributed by atoms with van der Waals surface area (Å²) in [6.45, 7) is 5.77. The SMILES string of the molecule is Cc1nc(-c2ccc(OC(=O)c3cnc4c(cnn4C(C)C)c3)cc2)no1. The van der Waals surface area contributed by atoms with Gasteiger partial charge in [-0.1, -0.05) is 5.16 Å². The number of benzene rings is 1. The lowest BCUT2D eigenvalue weighted by Crippen LogP contribution is -2.09. The minimum Gasteiger partial charge on any atom is -0.423 e. The van der Waals surface area contributed by atoms with Crippen LogP contribution in [0.2, 0.25) is 0 Å². The lowest BCUT2D eigenvalue weighted by Gasteiger charge is -2.07. The number of esters is 1. The molecule has 1 aromatic carbocycles. The topological polar surface area (TPSA) is 95.9 Å². The number of hydrogen-bond acceptors (Lipinski definition) is 7. The van der Waals surface area contributed by atoms with Crippen LogP contribution >= 0.6 is 0 Å². The number of ether oxygens (including phenoxy) is 1. The van der Waals surface area contributed by atoms with Gasteiger partial charge in [0.15, 0.2) is 5.65 Å². The predicted molar refractivity (Wildman–Crippen MR) is 97.3 cm³/mol. The summed E-state index contributed by atoms with van der Waals surface area (Å²) in [6.07, 6.45) is 3.20. The summed E-state index contributed by atoms with van der Waals surface area (Å²) in [7, 11) is 0. The van der Waals surface area contributed by atoms with Crippen molar-refractivity contribution >= 4 is 17.0 Å². The van der Waals surface area contributed by atoms with Crippen molar-refractivity contribution in [3.8, 4) is 17.1 Å². The molecule has 0 bridgehead atoms. The van der Waals surface area contributed by atoms with Gasteiger partial charge in [-0.15, -0.1) is 0 Å². The molecule has 0 aliphatic carbocycles. The number of nitrogens with zero attached hydrogens (tertiary/aromatic N) is 5. The van der Waals surface area contributed by atoms with Crippen molar-refractivity contribution in [2.75, 3.05) is 0 Å². The predicted octanol–water partition coefficient (Wildman–Crippen LogP) is 3.59. The second kappa shape index (κ2) is 6.64. The first kappa shape index (κ1) is 16.9. The molecule has 8 nitrogen and oxygen atoms in total. The number of aromatic nitrogens is 5. The fourth-order valence-corrected chi connectivity index (χ4v) is 2.68. The van der Waals surface area contributed by atoms with Gasteiger partial charge in [-0.05, 0) is 44.2 Å². The third kappa shape index (κ3) is 3.29. The van der Waals surface area contributed by atoms with Crippen molar-refractivity contribution in [3.05, 3.63) is 54.2 Å². The number of fused-ring (bicyclic) bond motifs is 1. The molecule has 4 rings (SSSR count). The highest BCUT2D eigenvalue weighted by Gasteiger charge is 2.14. The van der Waals surface area contributed by atoms with E-state index in [2.05, 4.69) is 20.2 Å². The minimum atomic E-state index is -0.482. The average molecular weight is 363 g/mol. The summed E-state index contributed by atoms with van der Waals surface area (Å²) < 4.78 is 12.2. The Morgan fingerprint density at radius 1 is 1.19 bits per heavy atom. The van der Waals surface area contributed by atoms with Crippen LogP contribution in [0.25, 0.3) is 22.4 Å². The third-order valence-electron chi connectivity index (χ3n) is 4.01. The highest BCUT2D eigenvalue weighted by molar-refractivity contribution is 5.94. The van der Waals surface area contributed by atoms with Crippen LogP contribution < -0.4 is 4.74 Å². The van der Waals surface area contributed by atoms with E-state index in [0.29, 0.717) is 23.0 Å². The second-order valence-electron chi connectivity index (χ2n) is 6.37. The summed E-state index contributed by atoms with van der Waals surface area (Å²) in [5.41, 5.74) is 1.88. The van der Waals surface area contributed by atoms with Crippen molar-refractivity contribution < 1.29 is 14.1 Å². The Labute approximate surface area is 154 Å². The first-order chi connectivity index (χ1) is 13.0. The van der Waals surface area contributed by atoms with E-state index in [9.17, 15) is 4.79 Å². The summed E-state index contributed by atoms with van der Waals surface area (Å²) in [5, 5.41) is 8.95. The largest absolute Gasteiger partial charge is 0.423 e. The van der Waals surface area contributed by atoms with E-state index in [1.807, 2.05) is 18.5 Å². The maximum absolute atomic E-state index is 12.4. The molecular weight excluding hydrogens is 346 g/mol. The molecule has 4 aromatic rings. The molecule has 0 spiro atoms. The Balaban J connectivity index is 1.52. The van der Waals surface area contributed by atoms with Gasteiger partial charge in [0, 0.05) is 30.1 Å². The Bertz CT molecular complexity index is 1110. The Hall–Kier alpha value is -3.55. The van der Waals surface area contributed by atoms with Gasteiger partial charge in [0.1, 0.15) is 5.75 Å². The van der Waals surface area contributed by atoms with Crippen LogP contribution in [-0.2, 0) is 0 Å². The van der Waals surface area contributed by atoms with Gasteiger partial charge in [-0.25, -0.2) is 14.5 Å². The van der Waals surface area contributed by atoms with Crippen LogP contribution in [0, 0.1) is 6.92 Å². The fourth-order valence-electron chi connectivity index (χ4n) is 2.68. The molecule has 3 heterocycles. The Kier molecular flexibility index (Phi) is 4.15. The molecule has 0 saturated carbocycles. The van der Waals surface area contributed by atoms with Crippen molar-refractivity contribution in [2.24, 2.45) is 0 Å².